The number of hydrogen-bond acceptors (Lipinski definition) is 2. The van der Waals surface area contributed by atoms with Crippen LogP contribution in [-0.4, -0.2) is 9.55 Å². The molecule has 0 aliphatic heterocycles. The van der Waals surface area contributed by atoms with Crippen molar-refractivity contribution in [3.63, 3.8) is 0 Å². The molecule has 0 fully saturated rings. The lowest BCUT2D eigenvalue weighted by molar-refractivity contribution is 0.190. The Hall–Kier alpha value is -2.26. The third-order valence-corrected chi connectivity index (χ3v) is 5.21. The zero-order valence-electron chi connectivity index (χ0n) is 16.3. The zero-order chi connectivity index (χ0) is 19.4. The van der Waals surface area contributed by atoms with Crippen molar-refractivity contribution >= 4 is 11.6 Å². The van der Waals surface area contributed by atoms with Crippen LogP contribution < -0.4 is 4.74 Å². The van der Waals surface area contributed by atoms with Crippen LogP contribution in [0.3, 0.4) is 0 Å². The van der Waals surface area contributed by atoms with Crippen molar-refractivity contribution in [2.75, 3.05) is 0 Å². The van der Waals surface area contributed by atoms with Gasteiger partial charge in [0.15, 0.2) is 0 Å². The molecule has 0 saturated carbocycles. The summed E-state index contributed by atoms with van der Waals surface area (Å²) < 4.78 is 8.43. The number of ether oxygens (including phenoxy) is 1. The predicted octanol–water partition coefficient (Wildman–Crippen LogP) is 7.09. The molecule has 28 heavy (non-hydrogen) atoms. The van der Waals surface area contributed by atoms with Gasteiger partial charge < -0.3 is 9.30 Å². The molecular formula is C24H29ClN2O. The average molecular weight is 397 g/mol. The molecule has 1 atom stereocenters. The van der Waals surface area contributed by atoms with Crippen LogP contribution in [0.25, 0.3) is 0 Å². The highest BCUT2D eigenvalue weighted by atomic mass is 35.5. The number of rotatable bonds is 12. The molecule has 4 heteroatoms. The van der Waals surface area contributed by atoms with Crippen LogP contribution in [0.4, 0.5) is 0 Å². The maximum atomic E-state index is 6.28. The Balaban J connectivity index is 1.39. The highest BCUT2D eigenvalue weighted by Crippen LogP contribution is 2.28. The smallest absolute Gasteiger partial charge is 0.124 e. The number of halogens is 1. The number of benzene rings is 2. The second kappa shape index (κ2) is 11.6. The van der Waals surface area contributed by atoms with Crippen molar-refractivity contribution in [3.8, 4) is 5.75 Å². The number of aryl methyl sites for hydroxylation is 1. The second-order valence-electron chi connectivity index (χ2n) is 7.18. The molecule has 0 bridgehead atoms. The summed E-state index contributed by atoms with van der Waals surface area (Å²) in [4.78, 5) is 4.08. The summed E-state index contributed by atoms with van der Waals surface area (Å²) in [6, 6.07) is 18.1. The predicted molar refractivity (Wildman–Crippen MR) is 116 cm³/mol. The Kier molecular flexibility index (Phi) is 8.45. The van der Waals surface area contributed by atoms with E-state index in [0.717, 1.165) is 23.7 Å². The van der Waals surface area contributed by atoms with Gasteiger partial charge in [0.05, 0.1) is 6.33 Å². The molecule has 3 nitrogen and oxygen atoms in total. The molecule has 1 unspecified atom stereocenters. The van der Waals surface area contributed by atoms with Crippen LogP contribution in [0.5, 0.6) is 5.75 Å². The Morgan fingerprint density at radius 3 is 2.29 bits per heavy atom. The Bertz CT molecular complexity index is 772. The summed E-state index contributed by atoms with van der Waals surface area (Å²) in [5.41, 5.74) is 1.19. The largest absolute Gasteiger partial charge is 0.486 e. The Labute approximate surface area is 173 Å². The third kappa shape index (κ3) is 7.05. The van der Waals surface area contributed by atoms with E-state index in [-0.39, 0.29) is 6.10 Å². The van der Waals surface area contributed by atoms with Crippen molar-refractivity contribution in [1.82, 2.24) is 9.55 Å². The molecule has 0 saturated heterocycles. The fraction of sp³-hybridized carbons (Fsp3) is 0.375. The van der Waals surface area contributed by atoms with E-state index in [1.807, 2.05) is 61.2 Å². The minimum absolute atomic E-state index is 0.0703. The van der Waals surface area contributed by atoms with Gasteiger partial charge in [-0.25, -0.2) is 4.98 Å². The molecular weight excluding hydrogens is 368 g/mol. The van der Waals surface area contributed by atoms with Gasteiger partial charge in [-0.2, -0.15) is 0 Å². The van der Waals surface area contributed by atoms with Crippen LogP contribution in [0.1, 0.15) is 56.6 Å². The quantitative estimate of drug-likeness (QED) is 0.305. The number of aromatic nitrogens is 2. The van der Waals surface area contributed by atoms with E-state index < -0.39 is 0 Å². The normalized spacial score (nSPS) is 12.0. The second-order valence-corrected chi connectivity index (χ2v) is 7.62. The fourth-order valence-corrected chi connectivity index (χ4v) is 3.51. The number of para-hydroxylation sites is 1. The number of hydrogen-bond donors (Lipinski definition) is 0. The molecule has 0 N–H and O–H groups in total. The van der Waals surface area contributed by atoms with Crippen LogP contribution in [0, 0.1) is 0 Å². The van der Waals surface area contributed by atoms with Crippen LogP contribution in [0.15, 0.2) is 73.3 Å². The van der Waals surface area contributed by atoms with E-state index in [1.165, 1.54) is 44.1 Å². The van der Waals surface area contributed by atoms with Crippen LogP contribution in [-0.2, 0) is 6.54 Å². The van der Waals surface area contributed by atoms with Crippen molar-refractivity contribution in [1.29, 1.82) is 0 Å². The van der Waals surface area contributed by atoms with Crippen molar-refractivity contribution in [2.45, 2.75) is 57.6 Å². The molecule has 0 aliphatic carbocycles. The van der Waals surface area contributed by atoms with Crippen molar-refractivity contribution in [3.05, 3.63) is 83.9 Å². The van der Waals surface area contributed by atoms with Crippen LogP contribution >= 0.6 is 11.6 Å². The summed E-state index contributed by atoms with van der Waals surface area (Å²) >= 11 is 6.05. The van der Waals surface area contributed by atoms with Crippen molar-refractivity contribution in [2.24, 2.45) is 0 Å². The molecule has 148 valence electrons. The summed E-state index contributed by atoms with van der Waals surface area (Å²) in [5, 5.41) is 0.762. The Morgan fingerprint density at radius 1 is 0.857 bits per heavy atom. The minimum atomic E-state index is 0.0703. The molecule has 0 spiro atoms. The summed E-state index contributed by atoms with van der Waals surface area (Å²) in [6.07, 6.45) is 14.3. The zero-order valence-corrected chi connectivity index (χ0v) is 17.1. The van der Waals surface area contributed by atoms with Gasteiger partial charge in [0.1, 0.15) is 11.9 Å². The van der Waals surface area contributed by atoms with Crippen LogP contribution in [0.2, 0.25) is 5.02 Å². The molecule has 3 rings (SSSR count). The highest BCUT2D eigenvalue weighted by Gasteiger charge is 2.13. The lowest BCUT2D eigenvalue weighted by Gasteiger charge is -2.20. The van der Waals surface area contributed by atoms with Gasteiger partial charge in [0.2, 0.25) is 0 Å². The van der Waals surface area contributed by atoms with E-state index in [4.69, 9.17) is 16.3 Å². The van der Waals surface area contributed by atoms with Gasteiger partial charge in [-0.15, -0.1) is 0 Å². The summed E-state index contributed by atoms with van der Waals surface area (Å²) in [5.74, 6) is 0.918. The third-order valence-electron chi connectivity index (χ3n) is 4.96. The van der Waals surface area contributed by atoms with Gasteiger partial charge in [0, 0.05) is 24.0 Å². The molecule has 2 aromatic carbocycles. The lowest BCUT2D eigenvalue weighted by Crippen LogP contribution is -2.07. The maximum Gasteiger partial charge on any atom is 0.124 e. The molecule has 0 amide bonds. The van der Waals surface area contributed by atoms with E-state index in [9.17, 15) is 0 Å². The fourth-order valence-electron chi connectivity index (χ4n) is 3.38. The SMILES string of the molecule is Clc1ccc(C(CCCCCCCCn2ccnc2)Oc2ccccc2)cc1. The summed E-state index contributed by atoms with van der Waals surface area (Å²) in [7, 11) is 0. The topological polar surface area (TPSA) is 27.1 Å². The van der Waals surface area contributed by atoms with Gasteiger partial charge in [-0.05, 0) is 49.1 Å². The monoisotopic (exact) mass is 396 g/mol. The molecule has 0 radical (unpaired) electrons. The lowest BCUT2D eigenvalue weighted by atomic mass is 10.0. The van der Waals surface area contributed by atoms with Gasteiger partial charge >= 0.3 is 0 Å². The first kappa shape index (κ1) is 20.5. The van der Waals surface area contributed by atoms with E-state index >= 15 is 0 Å². The Morgan fingerprint density at radius 2 is 1.57 bits per heavy atom. The first-order chi connectivity index (χ1) is 13.8. The average Bonchev–Trinajstić information content (AvgIpc) is 3.24. The first-order valence-electron chi connectivity index (χ1n) is 10.2. The minimum Gasteiger partial charge on any atom is -0.486 e. The highest BCUT2D eigenvalue weighted by molar-refractivity contribution is 6.30. The number of unbranched alkanes of at least 4 members (excludes halogenated alkanes) is 5. The van der Waals surface area contributed by atoms with E-state index in [2.05, 4.69) is 21.7 Å². The van der Waals surface area contributed by atoms with Gasteiger partial charge in [0.25, 0.3) is 0 Å². The van der Waals surface area contributed by atoms with Crippen molar-refractivity contribution < 1.29 is 4.74 Å². The standard InChI is InChI=1S/C24H29ClN2O/c25-22-15-13-21(14-16-22)24(28-23-10-6-5-7-11-23)12-8-3-1-2-4-9-18-27-19-17-26-20-27/h5-7,10-11,13-17,19-20,24H,1-4,8-9,12,18H2. The van der Waals surface area contributed by atoms with E-state index in [1.54, 1.807) is 0 Å². The number of imidazole rings is 1. The molecule has 3 aromatic rings. The van der Waals surface area contributed by atoms with E-state index in [0.29, 0.717) is 0 Å². The summed E-state index contributed by atoms with van der Waals surface area (Å²) in [6.45, 7) is 1.07. The number of nitrogens with zero attached hydrogens (tertiary/aromatic N) is 2. The first-order valence-corrected chi connectivity index (χ1v) is 10.6. The molecule has 1 heterocycles. The van der Waals surface area contributed by atoms with Gasteiger partial charge in [-0.3, -0.25) is 0 Å². The van der Waals surface area contributed by atoms with Gasteiger partial charge in [-0.1, -0.05) is 67.6 Å². The maximum absolute atomic E-state index is 6.28. The molecule has 1 aromatic heterocycles. The molecule has 0 aliphatic rings.